The molecule has 0 radical (unpaired) electrons. The highest BCUT2D eigenvalue weighted by molar-refractivity contribution is 5.56. The van der Waals surface area contributed by atoms with Crippen molar-refractivity contribution in [1.82, 2.24) is 19.8 Å². The van der Waals surface area contributed by atoms with Gasteiger partial charge in [0.15, 0.2) is 0 Å². The number of imidazole rings is 1. The van der Waals surface area contributed by atoms with Crippen LogP contribution in [0.4, 0.5) is 0 Å². The van der Waals surface area contributed by atoms with E-state index < -0.39 is 0 Å². The molecule has 1 N–H and O–H groups in total. The summed E-state index contributed by atoms with van der Waals surface area (Å²) in [4.78, 5) is 7.59. The molecule has 1 aromatic carbocycles. The topological polar surface area (TPSA) is 33.1 Å². The van der Waals surface area contributed by atoms with Crippen LogP contribution in [-0.2, 0) is 7.05 Å². The first kappa shape index (κ1) is 15.3. The van der Waals surface area contributed by atoms with Gasteiger partial charge >= 0.3 is 0 Å². The summed E-state index contributed by atoms with van der Waals surface area (Å²) in [6.07, 6.45) is 2.61. The maximum atomic E-state index is 5.02. The molecule has 0 aliphatic carbocycles. The maximum absolute atomic E-state index is 5.02. The zero-order valence-corrected chi connectivity index (χ0v) is 13.8. The van der Waals surface area contributed by atoms with Crippen LogP contribution in [0.25, 0.3) is 11.4 Å². The minimum atomic E-state index is 0.371. The summed E-state index contributed by atoms with van der Waals surface area (Å²) < 4.78 is 2.23. The van der Waals surface area contributed by atoms with Gasteiger partial charge in [0, 0.05) is 24.8 Å². The fraction of sp³-hybridized carbons (Fsp3) is 0.500. The summed E-state index contributed by atoms with van der Waals surface area (Å²) in [5.41, 5.74) is 3.67. The molecule has 1 aliphatic heterocycles. The van der Waals surface area contributed by atoms with Crippen molar-refractivity contribution in [2.75, 3.05) is 26.7 Å². The van der Waals surface area contributed by atoms with E-state index in [0.29, 0.717) is 6.04 Å². The molecular formula is C18H26N4. The van der Waals surface area contributed by atoms with Gasteiger partial charge in [0.25, 0.3) is 0 Å². The molecule has 1 saturated heterocycles. The molecule has 1 aromatic heterocycles. The molecule has 0 saturated carbocycles. The molecule has 3 rings (SSSR count). The molecule has 2 heterocycles. The van der Waals surface area contributed by atoms with E-state index in [2.05, 4.69) is 53.0 Å². The predicted molar refractivity (Wildman–Crippen MR) is 90.9 cm³/mol. The quantitative estimate of drug-likeness (QED) is 0.921. The summed E-state index contributed by atoms with van der Waals surface area (Å²) >= 11 is 0. The first-order valence-corrected chi connectivity index (χ1v) is 8.19. The third-order valence-corrected chi connectivity index (χ3v) is 4.74. The first-order valence-electron chi connectivity index (χ1n) is 8.19. The van der Waals surface area contributed by atoms with Crippen LogP contribution in [0, 0.1) is 6.92 Å². The Bertz CT molecular complexity index is 612. The lowest BCUT2D eigenvalue weighted by atomic mass is 10.1. The van der Waals surface area contributed by atoms with Crippen LogP contribution >= 0.6 is 0 Å². The molecule has 0 amide bonds. The minimum Gasteiger partial charge on any atom is -0.331 e. The Labute approximate surface area is 133 Å². The molecule has 0 bridgehead atoms. The van der Waals surface area contributed by atoms with Crippen molar-refractivity contribution in [1.29, 1.82) is 0 Å². The monoisotopic (exact) mass is 298 g/mol. The van der Waals surface area contributed by atoms with Crippen molar-refractivity contribution < 1.29 is 0 Å². The number of nitrogens with zero attached hydrogens (tertiary/aromatic N) is 3. The summed E-state index contributed by atoms with van der Waals surface area (Å²) in [6.45, 7) is 5.51. The van der Waals surface area contributed by atoms with E-state index in [1.807, 2.05) is 13.1 Å². The normalized spacial score (nSPS) is 17.0. The van der Waals surface area contributed by atoms with Gasteiger partial charge in [0.1, 0.15) is 5.82 Å². The summed E-state index contributed by atoms with van der Waals surface area (Å²) in [6, 6.07) is 10.8. The van der Waals surface area contributed by atoms with Crippen LogP contribution in [0.3, 0.4) is 0 Å². The number of hydrogen-bond donors (Lipinski definition) is 1. The third kappa shape index (κ3) is 2.81. The van der Waals surface area contributed by atoms with Crippen molar-refractivity contribution in [3.05, 3.63) is 41.7 Å². The number of likely N-dealkylation sites (tertiary alicyclic amines) is 1. The number of benzene rings is 1. The number of hydrogen-bond acceptors (Lipinski definition) is 3. The van der Waals surface area contributed by atoms with Gasteiger partial charge in [-0.05, 0) is 39.9 Å². The fourth-order valence-corrected chi connectivity index (χ4v) is 3.41. The second-order valence-corrected chi connectivity index (χ2v) is 6.15. The van der Waals surface area contributed by atoms with Crippen LogP contribution in [-0.4, -0.2) is 41.1 Å². The highest BCUT2D eigenvalue weighted by atomic mass is 15.2. The highest BCUT2D eigenvalue weighted by Crippen LogP contribution is 2.29. The molecule has 1 aliphatic rings. The van der Waals surface area contributed by atoms with Gasteiger partial charge in [0.2, 0.25) is 0 Å². The van der Waals surface area contributed by atoms with Gasteiger partial charge in [-0.1, -0.05) is 30.3 Å². The van der Waals surface area contributed by atoms with E-state index in [1.54, 1.807) is 0 Å². The van der Waals surface area contributed by atoms with Crippen LogP contribution in [0.1, 0.15) is 30.3 Å². The summed E-state index contributed by atoms with van der Waals surface area (Å²) in [5, 5.41) is 3.35. The van der Waals surface area contributed by atoms with E-state index in [-0.39, 0.29) is 0 Å². The molecule has 118 valence electrons. The molecular weight excluding hydrogens is 272 g/mol. The molecule has 4 heteroatoms. The highest BCUT2D eigenvalue weighted by Gasteiger charge is 2.27. The molecule has 0 spiro atoms. The van der Waals surface area contributed by atoms with Crippen LogP contribution in [0.5, 0.6) is 0 Å². The van der Waals surface area contributed by atoms with Crippen molar-refractivity contribution in [3.8, 4) is 11.4 Å². The van der Waals surface area contributed by atoms with E-state index in [0.717, 1.165) is 12.4 Å². The van der Waals surface area contributed by atoms with E-state index in [4.69, 9.17) is 4.98 Å². The van der Waals surface area contributed by atoms with Crippen LogP contribution in [0.2, 0.25) is 0 Å². The Morgan fingerprint density at radius 2 is 1.86 bits per heavy atom. The van der Waals surface area contributed by atoms with Gasteiger partial charge in [-0.25, -0.2) is 4.98 Å². The Morgan fingerprint density at radius 3 is 2.50 bits per heavy atom. The SMILES string of the molecule is CNCC(c1nc(-c2ccccc2)n(C)c1C)N1CCCC1. The van der Waals surface area contributed by atoms with E-state index in [9.17, 15) is 0 Å². The molecule has 1 unspecified atom stereocenters. The Balaban J connectivity index is 1.99. The third-order valence-electron chi connectivity index (χ3n) is 4.74. The smallest absolute Gasteiger partial charge is 0.140 e. The van der Waals surface area contributed by atoms with Crippen molar-refractivity contribution in [2.45, 2.75) is 25.8 Å². The van der Waals surface area contributed by atoms with E-state index in [1.165, 1.54) is 42.9 Å². The molecule has 1 fully saturated rings. The Morgan fingerprint density at radius 1 is 1.18 bits per heavy atom. The number of aromatic nitrogens is 2. The van der Waals surface area contributed by atoms with Crippen molar-refractivity contribution in [2.24, 2.45) is 7.05 Å². The maximum Gasteiger partial charge on any atom is 0.140 e. The first-order chi connectivity index (χ1) is 10.7. The molecule has 4 nitrogen and oxygen atoms in total. The average Bonchev–Trinajstić information content (AvgIpc) is 3.17. The number of likely N-dealkylation sites (N-methyl/N-ethyl adjacent to an activating group) is 1. The van der Waals surface area contributed by atoms with E-state index >= 15 is 0 Å². The predicted octanol–water partition coefficient (Wildman–Crippen LogP) is 2.75. The number of nitrogens with one attached hydrogen (secondary N) is 1. The average molecular weight is 298 g/mol. The zero-order valence-electron chi connectivity index (χ0n) is 13.8. The van der Waals surface area contributed by atoms with Crippen molar-refractivity contribution in [3.63, 3.8) is 0 Å². The minimum absolute atomic E-state index is 0.371. The van der Waals surface area contributed by atoms with Crippen LogP contribution < -0.4 is 5.32 Å². The summed E-state index contributed by atoms with van der Waals surface area (Å²) in [7, 11) is 4.15. The van der Waals surface area contributed by atoms with Crippen molar-refractivity contribution >= 4 is 0 Å². The van der Waals surface area contributed by atoms with Gasteiger partial charge in [0.05, 0.1) is 11.7 Å². The summed E-state index contributed by atoms with van der Waals surface area (Å²) in [5.74, 6) is 1.06. The standard InChI is InChI=1S/C18H26N4/c1-14-17(16(13-19-2)22-11-7-8-12-22)20-18(21(14)3)15-9-5-4-6-10-15/h4-6,9-10,16,19H,7-8,11-13H2,1-3H3. The Hall–Kier alpha value is -1.65. The van der Waals surface area contributed by atoms with Gasteiger partial charge in [-0.15, -0.1) is 0 Å². The second-order valence-electron chi connectivity index (χ2n) is 6.15. The zero-order chi connectivity index (χ0) is 15.5. The lowest BCUT2D eigenvalue weighted by Crippen LogP contribution is -2.33. The number of rotatable bonds is 5. The van der Waals surface area contributed by atoms with Gasteiger partial charge in [-0.2, -0.15) is 0 Å². The molecule has 1 atom stereocenters. The molecule has 2 aromatic rings. The second kappa shape index (κ2) is 6.63. The largest absolute Gasteiger partial charge is 0.331 e. The van der Waals surface area contributed by atoms with Gasteiger partial charge in [-0.3, -0.25) is 4.90 Å². The van der Waals surface area contributed by atoms with Gasteiger partial charge < -0.3 is 9.88 Å². The lowest BCUT2D eigenvalue weighted by Gasteiger charge is -2.26. The fourth-order valence-electron chi connectivity index (χ4n) is 3.41. The van der Waals surface area contributed by atoms with Crippen LogP contribution in [0.15, 0.2) is 30.3 Å². The lowest BCUT2D eigenvalue weighted by molar-refractivity contribution is 0.237. The Kier molecular flexibility index (Phi) is 4.60. The molecule has 22 heavy (non-hydrogen) atoms.